The first-order valence-electron chi connectivity index (χ1n) is 10.2. The predicted octanol–water partition coefficient (Wildman–Crippen LogP) is 2.51. The summed E-state index contributed by atoms with van der Waals surface area (Å²) in [5.41, 5.74) is 0. The summed E-state index contributed by atoms with van der Waals surface area (Å²) in [6.45, 7) is 11.7. The summed E-state index contributed by atoms with van der Waals surface area (Å²) in [7, 11) is 1.82. The molecule has 2 N–H and O–H groups in total. The van der Waals surface area contributed by atoms with Crippen LogP contribution in [0.5, 0.6) is 0 Å². The van der Waals surface area contributed by atoms with E-state index >= 15 is 0 Å². The minimum absolute atomic E-state index is 0. The third-order valence-electron chi connectivity index (χ3n) is 5.44. The highest BCUT2D eigenvalue weighted by atomic mass is 127. The highest BCUT2D eigenvalue weighted by molar-refractivity contribution is 14.0. The van der Waals surface area contributed by atoms with Gasteiger partial charge in [-0.3, -0.25) is 9.89 Å². The van der Waals surface area contributed by atoms with Gasteiger partial charge in [-0.1, -0.05) is 13.8 Å². The first-order valence-corrected chi connectivity index (χ1v) is 10.2. The summed E-state index contributed by atoms with van der Waals surface area (Å²) in [6.07, 6.45) is 4.27. The van der Waals surface area contributed by atoms with Gasteiger partial charge in [-0.25, -0.2) is 4.79 Å². The van der Waals surface area contributed by atoms with Crippen LogP contribution in [0.1, 0.15) is 46.5 Å². The maximum absolute atomic E-state index is 11.8. The van der Waals surface area contributed by atoms with Gasteiger partial charge in [0.25, 0.3) is 0 Å². The number of amides is 1. The molecule has 2 aliphatic heterocycles. The molecule has 0 aliphatic carbocycles. The standard InChI is InChI=1S/C19H37N5O2.HI/c1-5-26-19(25)24-12-8-16(9-13-24)22-18(20-4)21-14-17(15(2)3)23-10-6-7-11-23;/h15-17H,5-14H2,1-4H3,(H2,20,21,22);1H. The lowest BCUT2D eigenvalue weighted by Gasteiger charge is -2.34. The van der Waals surface area contributed by atoms with Crippen LogP contribution in [-0.4, -0.2) is 80.3 Å². The minimum Gasteiger partial charge on any atom is -0.450 e. The molecule has 2 rings (SSSR count). The fourth-order valence-corrected chi connectivity index (χ4v) is 3.87. The number of ether oxygens (including phenoxy) is 1. The van der Waals surface area contributed by atoms with Crippen molar-refractivity contribution < 1.29 is 9.53 Å². The lowest BCUT2D eigenvalue weighted by atomic mass is 10.0. The second-order valence-electron chi connectivity index (χ2n) is 7.61. The van der Waals surface area contributed by atoms with Crippen LogP contribution in [0.3, 0.4) is 0 Å². The number of likely N-dealkylation sites (tertiary alicyclic amines) is 2. The molecule has 1 amide bonds. The van der Waals surface area contributed by atoms with Crippen LogP contribution in [0, 0.1) is 5.92 Å². The second-order valence-corrected chi connectivity index (χ2v) is 7.61. The highest BCUT2D eigenvalue weighted by Gasteiger charge is 2.26. The van der Waals surface area contributed by atoms with E-state index < -0.39 is 0 Å². The zero-order chi connectivity index (χ0) is 18.9. The van der Waals surface area contributed by atoms with Gasteiger partial charge in [0.1, 0.15) is 0 Å². The fourth-order valence-electron chi connectivity index (χ4n) is 3.87. The Hall–Kier alpha value is -0.770. The molecular formula is C19H38IN5O2. The van der Waals surface area contributed by atoms with E-state index in [-0.39, 0.29) is 30.1 Å². The van der Waals surface area contributed by atoms with Crippen molar-refractivity contribution >= 4 is 36.0 Å². The van der Waals surface area contributed by atoms with Gasteiger partial charge in [0.15, 0.2) is 5.96 Å². The van der Waals surface area contributed by atoms with Gasteiger partial charge in [-0.2, -0.15) is 0 Å². The van der Waals surface area contributed by atoms with Crippen LogP contribution >= 0.6 is 24.0 Å². The lowest BCUT2D eigenvalue weighted by molar-refractivity contribution is 0.0963. The topological polar surface area (TPSA) is 69.2 Å². The Morgan fingerprint density at radius 1 is 1.19 bits per heavy atom. The molecule has 2 fully saturated rings. The molecule has 0 radical (unpaired) electrons. The van der Waals surface area contributed by atoms with Gasteiger partial charge >= 0.3 is 6.09 Å². The second kappa shape index (κ2) is 12.6. The van der Waals surface area contributed by atoms with Crippen LogP contribution in [0.2, 0.25) is 0 Å². The summed E-state index contributed by atoms with van der Waals surface area (Å²) >= 11 is 0. The summed E-state index contributed by atoms with van der Waals surface area (Å²) in [6, 6.07) is 0.887. The third kappa shape index (κ3) is 7.63. The van der Waals surface area contributed by atoms with Crippen molar-refractivity contribution in [2.75, 3.05) is 46.4 Å². The SMILES string of the molecule is CCOC(=O)N1CCC(NC(=NC)NCC(C(C)C)N2CCCC2)CC1.I. The van der Waals surface area contributed by atoms with Crippen molar-refractivity contribution in [1.82, 2.24) is 20.4 Å². The van der Waals surface area contributed by atoms with Crippen molar-refractivity contribution in [3.63, 3.8) is 0 Å². The molecule has 8 heteroatoms. The summed E-state index contributed by atoms with van der Waals surface area (Å²) in [5.74, 6) is 1.48. The van der Waals surface area contributed by atoms with Crippen LogP contribution in [0.25, 0.3) is 0 Å². The van der Waals surface area contributed by atoms with Crippen molar-refractivity contribution in [2.45, 2.75) is 58.5 Å². The quantitative estimate of drug-likeness (QED) is 0.337. The summed E-state index contributed by atoms with van der Waals surface area (Å²) in [5, 5.41) is 7.04. The molecular weight excluding hydrogens is 457 g/mol. The number of hydrogen-bond donors (Lipinski definition) is 2. The predicted molar refractivity (Wildman–Crippen MR) is 121 cm³/mol. The van der Waals surface area contributed by atoms with E-state index in [0.717, 1.165) is 38.4 Å². The average molecular weight is 495 g/mol. The Labute approximate surface area is 181 Å². The van der Waals surface area contributed by atoms with Gasteiger partial charge in [-0.15, -0.1) is 24.0 Å². The molecule has 1 atom stereocenters. The number of hydrogen-bond acceptors (Lipinski definition) is 4. The summed E-state index contributed by atoms with van der Waals surface area (Å²) in [4.78, 5) is 20.6. The van der Waals surface area contributed by atoms with Crippen LogP contribution < -0.4 is 10.6 Å². The van der Waals surface area contributed by atoms with Crippen molar-refractivity contribution in [3.05, 3.63) is 0 Å². The number of carbonyl (C=O) groups excluding carboxylic acids is 1. The number of nitrogens with one attached hydrogen (secondary N) is 2. The Morgan fingerprint density at radius 2 is 1.81 bits per heavy atom. The molecule has 0 saturated carbocycles. The Kier molecular flexibility index (Phi) is 11.4. The molecule has 2 aliphatic rings. The maximum Gasteiger partial charge on any atom is 0.409 e. The average Bonchev–Trinajstić information content (AvgIpc) is 3.15. The van der Waals surface area contributed by atoms with Crippen LogP contribution in [0.4, 0.5) is 4.79 Å². The van der Waals surface area contributed by atoms with E-state index in [9.17, 15) is 4.79 Å². The van der Waals surface area contributed by atoms with E-state index in [1.807, 2.05) is 14.0 Å². The molecule has 0 aromatic heterocycles. The molecule has 0 aromatic rings. The Bertz CT molecular complexity index is 461. The van der Waals surface area contributed by atoms with Gasteiger partial charge in [-0.05, 0) is 51.6 Å². The molecule has 2 heterocycles. The van der Waals surface area contributed by atoms with Crippen LogP contribution in [-0.2, 0) is 4.74 Å². The van der Waals surface area contributed by atoms with Gasteiger partial charge < -0.3 is 20.3 Å². The number of guanidine groups is 1. The van der Waals surface area contributed by atoms with Crippen molar-refractivity contribution in [1.29, 1.82) is 0 Å². The molecule has 2 saturated heterocycles. The normalized spacial score (nSPS) is 20.3. The molecule has 158 valence electrons. The molecule has 1 unspecified atom stereocenters. The maximum atomic E-state index is 11.8. The first kappa shape index (κ1) is 24.3. The zero-order valence-electron chi connectivity index (χ0n) is 17.4. The monoisotopic (exact) mass is 495 g/mol. The smallest absolute Gasteiger partial charge is 0.409 e. The molecule has 0 bridgehead atoms. The van der Waals surface area contributed by atoms with Gasteiger partial charge in [0, 0.05) is 38.8 Å². The highest BCUT2D eigenvalue weighted by Crippen LogP contribution is 2.17. The largest absolute Gasteiger partial charge is 0.450 e. The fraction of sp³-hybridized carbons (Fsp3) is 0.895. The Balaban J connectivity index is 0.00000364. The van der Waals surface area contributed by atoms with Crippen molar-refractivity contribution in [3.8, 4) is 0 Å². The number of aliphatic imine (C=N–C) groups is 1. The van der Waals surface area contributed by atoms with E-state index in [2.05, 4.69) is 34.4 Å². The first-order chi connectivity index (χ1) is 12.5. The lowest BCUT2D eigenvalue weighted by Crippen LogP contribution is -2.52. The Morgan fingerprint density at radius 3 is 2.33 bits per heavy atom. The van der Waals surface area contributed by atoms with E-state index in [0.29, 0.717) is 24.6 Å². The van der Waals surface area contributed by atoms with E-state index in [4.69, 9.17) is 4.74 Å². The molecule has 0 spiro atoms. The molecule has 0 aromatic carbocycles. The third-order valence-corrected chi connectivity index (χ3v) is 5.44. The number of rotatable bonds is 6. The number of piperidine rings is 1. The van der Waals surface area contributed by atoms with E-state index in [1.54, 1.807) is 4.90 Å². The number of halogens is 1. The minimum atomic E-state index is -0.196. The number of carbonyl (C=O) groups is 1. The van der Waals surface area contributed by atoms with Gasteiger partial charge in [0.05, 0.1) is 6.61 Å². The molecule has 7 nitrogen and oxygen atoms in total. The molecule has 27 heavy (non-hydrogen) atoms. The van der Waals surface area contributed by atoms with Crippen molar-refractivity contribution in [2.24, 2.45) is 10.9 Å². The van der Waals surface area contributed by atoms with Gasteiger partial charge in [0.2, 0.25) is 0 Å². The van der Waals surface area contributed by atoms with E-state index in [1.165, 1.54) is 25.9 Å². The van der Waals surface area contributed by atoms with Crippen LogP contribution in [0.15, 0.2) is 4.99 Å². The summed E-state index contributed by atoms with van der Waals surface area (Å²) < 4.78 is 5.08. The zero-order valence-corrected chi connectivity index (χ0v) is 19.7. The number of nitrogens with zero attached hydrogens (tertiary/aromatic N) is 3.